The van der Waals surface area contributed by atoms with Gasteiger partial charge in [-0.25, -0.2) is 9.97 Å². The van der Waals surface area contributed by atoms with Gasteiger partial charge in [-0.2, -0.15) is 0 Å². The first-order chi connectivity index (χ1) is 10.2. The van der Waals surface area contributed by atoms with Crippen LogP contribution in [-0.4, -0.2) is 40.4 Å². The van der Waals surface area contributed by atoms with Crippen molar-refractivity contribution in [1.82, 2.24) is 14.4 Å². The van der Waals surface area contributed by atoms with Crippen molar-refractivity contribution >= 4 is 23.2 Å². The first-order valence-electron chi connectivity index (χ1n) is 7.22. The Morgan fingerprint density at radius 1 is 1.48 bits per heavy atom. The molecule has 21 heavy (non-hydrogen) atoms. The molecule has 2 aromatic heterocycles. The molecule has 1 aliphatic heterocycles. The van der Waals surface area contributed by atoms with E-state index in [2.05, 4.69) is 20.2 Å². The van der Waals surface area contributed by atoms with E-state index in [0.717, 1.165) is 43.2 Å². The minimum Gasteiger partial charge on any atom is -0.372 e. The van der Waals surface area contributed by atoms with E-state index in [1.807, 2.05) is 23.8 Å². The second-order valence-electron chi connectivity index (χ2n) is 5.46. The maximum Gasteiger partial charge on any atom is 0.217 e. The van der Waals surface area contributed by atoms with Crippen molar-refractivity contribution in [2.75, 3.05) is 30.4 Å². The van der Waals surface area contributed by atoms with Crippen LogP contribution in [0.3, 0.4) is 0 Å². The highest BCUT2D eigenvalue weighted by atomic mass is 16.1. The van der Waals surface area contributed by atoms with Crippen molar-refractivity contribution in [3.05, 3.63) is 18.6 Å². The Balaban J connectivity index is 1.81. The molecule has 0 atom stereocenters. The van der Waals surface area contributed by atoms with Crippen molar-refractivity contribution < 1.29 is 4.79 Å². The molecule has 1 aliphatic rings. The number of carbonyl (C=O) groups is 1. The average molecular weight is 288 g/mol. The van der Waals surface area contributed by atoms with E-state index in [1.54, 1.807) is 6.20 Å². The second kappa shape index (κ2) is 5.59. The molecule has 0 aliphatic carbocycles. The van der Waals surface area contributed by atoms with E-state index in [4.69, 9.17) is 5.73 Å². The molecule has 112 valence electrons. The molecule has 7 heteroatoms. The van der Waals surface area contributed by atoms with E-state index in [9.17, 15) is 4.79 Å². The highest BCUT2D eigenvalue weighted by molar-refractivity contribution is 5.74. The largest absolute Gasteiger partial charge is 0.372 e. The van der Waals surface area contributed by atoms with E-state index in [1.165, 1.54) is 0 Å². The summed E-state index contributed by atoms with van der Waals surface area (Å²) in [4.78, 5) is 22.3. The second-order valence-corrected chi connectivity index (χ2v) is 5.46. The zero-order chi connectivity index (χ0) is 14.8. The van der Waals surface area contributed by atoms with Crippen LogP contribution in [0.15, 0.2) is 18.6 Å². The van der Waals surface area contributed by atoms with Crippen LogP contribution in [0.1, 0.15) is 19.3 Å². The maximum absolute atomic E-state index is 11.0. The van der Waals surface area contributed by atoms with Crippen LogP contribution in [0.4, 0.5) is 11.6 Å². The highest BCUT2D eigenvalue weighted by Crippen LogP contribution is 2.27. The number of rotatable bonds is 4. The zero-order valence-electron chi connectivity index (χ0n) is 12.1. The molecule has 0 saturated carbocycles. The average Bonchev–Trinajstić information content (AvgIpc) is 2.94. The lowest BCUT2D eigenvalue weighted by Gasteiger charge is -2.32. The molecule has 1 amide bonds. The highest BCUT2D eigenvalue weighted by Gasteiger charge is 2.23. The van der Waals surface area contributed by atoms with E-state index >= 15 is 0 Å². The summed E-state index contributed by atoms with van der Waals surface area (Å²) in [6, 6.07) is 0. The third kappa shape index (κ3) is 2.76. The number of amides is 1. The first kappa shape index (κ1) is 13.7. The van der Waals surface area contributed by atoms with E-state index in [0.29, 0.717) is 12.3 Å². The van der Waals surface area contributed by atoms with Crippen molar-refractivity contribution in [2.24, 2.45) is 11.7 Å². The SMILES string of the molecule is CNc1cn2ccnc2c(N2CCC(CC(N)=O)CC2)n1. The lowest BCUT2D eigenvalue weighted by molar-refractivity contribution is -0.119. The van der Waals surface area contributed by atoms with Crippen molar-refractivity contribution in [3.63, 3.8) is 0 Å². The molecular weight excluding hydrogens is 268 g/mol. The van der Waals surface area contributed by atoms with Crippen molar-refractivity contribution in [3.8, 4) is 0 Å². The molecule has 3 rings (SSSR count). The van der Waals surface area contributed by atoms with Crippen molar-refractivity contribution in [2.45, 2.75) is 19.3 Å². The standard InChI is InChI=1S/C14H20N6O/c1-16-12-9-20-7-4-17-13(20)14(18-12)19-5-2-10(3-6-19)8-11(15)21/h4,7,9-10,16H,2-3,5-6,8H2,1H3,(H2,15,21). The summed E-state index contributed by atoms with van der Waals surface area (Å²) >= 11 is 0. The van der Waals surface area contributed by atoms with Crippen LogP contribution in [-0.2, 0) is 4.79 Å². The Hall–Kier alpha value is -2.31. The zero-order valence-corrected chi connectivity index (χ0v) is 12.1. The Morgan fingerprint density at radius 2 is 2.24 bits per heavy atom. The number of nitrogens with one attached hydrogen (secondary N) is 1. The predicted molar refractivity (Wildman–Crippen MR) is 81.3 cm³/mol. The number of nitrogens with two attached hydrogens (primary N) is 1. The molecule has 0 spiro atoms. The normalized spacial score (nSPS) is 16.3. The summed E-state index contributed by atoms with van der Waals surface area (Å²) in [5.74, 6) is 1.89. The van der Waals surface area contributed by atoms with Gasteiger partial charge in [0.15, 0.2) is 11.5 Å². The number of fused-ring (bicyclic) bond motifs is 1. The molecule has 2 aromatic rings. The first-order valence-corrected chi connectivity index (χ1v) is 7.22. The van der Waals surface area contributed by atoms with Crippen LogP contribution >= 0.6 is 0 Å². The summed E-state index contributed by atoms with van der Waals surface area (Å²) in [6.45, 7) is 1.75. The number of piperidine rings is 1. The Kier molecular flexibility index (Phi) is 3.64. The summed E-state index contributed by atoms with van der Waals surface area (Å²) in [5.41, 5.74) is 6.14. The van der Waals surface area contributed by atoms with Crippen LogP contribution in [0, 0.1) is 5.92 Å². The monoisotopic (exact) mass is 288 g/mol. The lowest BCUT2D eigenvalue weighted by atomic mass is 9.93. The number of imidazole rings is 1. The van der Waals surface area contributed by atoms with Crippen LogP contribution < -0.4 is 16.0 Å². The molecule has 0 unspecified atom stereocenters. The van der Waals surface area contributed by atoms with Gasteiger partial charge in [-0.15, -0.1) is 0 Å². The van der Waals surface area contributed by atoms with Crippen LogP contribution in [0.2, 0.25) is 0 Å². The maximum atomic E-state index is 11.0. The summed E-state index contributed by atoms with van der Waals surface area (Å²) in [7, 11) is 1.86. The smallest absolute Gasteiger partial charge is 0.217 e. The van der Waals surface area contributed by atoms with Gasteiger partial charge in [0, 0.05) is 39.0 Å². The molecule has 3 N–H and O–H groups in total. The molecular formula is C14H20N6O. The minimum atomic E-state index is -0.209. The van der Waals surface area contributed by atoms with Gasteiger partial charge in [0.2, 0.25) is 5.91 Å². The fourth-order valence-electron chi connectivity index (χ4n) is 2.88. The molecule has 0 aromatic carbocycles. The molecule has 7 nitrogen and oxygen atoms in total. The number of anilines is 2. The number of aromatic nitrogens is 3. The van der Waals surface area contributed by atoms with Gasteiger partial charge in [0.25, 0.3) is 0 Å². The lowest BCUT2D eigenvalue weighted by Crippen LogP contribution is -2.36. The Labute approximate surface area is 123 Å². The summed E-state index contributed by atoms with van der Waals surface area (Å²) < 4.78 is 1.98. The van der Waals surface area contributed by atoms with Crippen molar-refractivity contribution in [1.29, 1.82) is 0 Å². The van der Waals surface area contributed by atoms with Gasteiger partial charge in [-0.1, -0.05) is 0 Å². The topological polar surface area (TPSA) is 88.5 Å². The third-order valence-corrected chi connectivity index (χ3v) is 4.02. The molecule has 3 heterocycles. The number of hydrogen-bond acceptors (Lipinski definition) is 5. The van der Waals surface area contributed by atoms with Gasteiger partial charge >= 0.3 is 0 Å². The van der Waals surface area contributed by atoms with Gasteiger partial charge in [0.1, 0.15) is 5.82 Å². The molecule has 1 fully saturated rings. The third-order valence-electron chi connectivity index (χ3n) is 4.02. The quantitative estimate of drug-likeness (QED) is 0.871. The number of hydrogen-bond donors (Lipinski definition) is 2. The van der Waals surface area contributed by atoms with E-state index in [-0.39, 0.29) is 5.91 Å². The molecule has 1 saturated heterocycles. The van der Waals surface area contributed by atoms with E-state index < -0.39 is 0 Å². The predicted octanol–water partition coefficient (Wildman–Crippen LogP) is 0.863. The Morgan fingerprint density at radius 3 is 2.90 bits per heavy atom. The fraction of sp³-hybridized carbons (Fsp3) is 0.500. The summed E-state index contributed by atoms with van der Waals surface area (Å²) in [6.07, 6.45) is 8.02. The van der Waals surface area contributed by atoms with Gasteiger partial charge < -0.3 is 20.4 Å². The number of nitrogens with zero attached hydrogens (tertiary/aromatic N) is 4. The molecule has 0 radical (unpaired) electrons. The van der Waals surface area contributed by atoms with Crippen LogP contribution in [0.5, 0.6) is 0 Å². The Bertz CT molecular complexity index is 644. The molecule has 0 bridgehead atoms. The number of primary amides is 1. The summed E-state index contributed by atoms with van der Waals surface area (Å²) in [5, 5.41) is 3.08. The van der Waals surface area contributed by atoms with Gasteiger partial charge in [0.05, 0.1) is 6.20 Å². The fourth-order valence-corrected chi connectivity index (χ4v) is 2.88. The van der Waals surface area contributed by atoms with Gasteiger partial charge in [-0.05, 0) is 18.8 Å². The van der Waals surface area contributed by atoms with Crippen LogP contribution in [0.25, 0.3) is 5.65 Å². The van der Waals surface area contributed by atoms with Gasteiger partial charge in [-0.3, -0.25) is 4.79 Å². The minimum absolute atomic E-state index is 0.209. The number of carbonyl (C=O) groups excluding carboxylic acids is 1.